The maximum Gasteiger partial charge on any atom is 0.197 e. The first-order chi connectivity index (χ1) is 27.3. The van der Waals surface area contributed by atoms with Gasteiger partial charge >= 0.3 is 0 Å². The van der Waals surface area contributed by atoms with Crippen LogP contribution in [0.4, 0.5) is 5.69 Å². The second kappa shape index (κ2) is 13.0. The van der Waals surface area contributed by atoms with E-state index in [-0.39, 0.29) is 0 Å². The van der Waals surface area contributed by atoms with Gasteiger partial charge in [0.2, 0.25) is 0 Å². The molecule has 56 heavy (non-hydrogen) atoms. The van der Waals surface area contributed by atoms with Crippen LogP contribution in [0.2, 0.25) is 0 Å². The van der Waals surface area contributed by atoms with Crippen LogP contribution in [0, 0.1) is 34.3 Å². The molecule has 4 nitrogen and oxygen atoms in total. The van der Waals surface area contributed by atoms with E-state index in [2.05, 4.69) is 186 Å². The van der Waals surface area contributed by atoms with Crippen LogP contribution in [0.5, 0.6) is 0 Å². The Labute approximate surface area is 326 Å². The van der Waals surface area contributed by atoms with Crippen molar-refractivity contribution >= 4 is 49.3 Å². The van der Waals surface area contributed by atoms with E-state index in [0.29, 0.717) is 5.69 Å². The zero-order valence-electron chi connectivity index (χ0n) is 31.8. The fourth-order valence-corrected chi connectivity index (χ4v) is 8.55. The average Bonchev–Trinajstić information content (AvgIpc) is 3.72. The van der Waals surface area contributed by atoms with Gasteiger partial charge in [-0.25, -0.2) is 4.85 Å². The smallest absolute Gasteiger partial charge is 0.197 e. The normalized spacial score (nSPS) is 11.6. The molecule has 0 spiro atoms. The molecule has 7 aromatic carbocycles. The molecule has 4 heteroatoms. The lowest BCUT2D eigenvalue weighted by Gasteiger charge is -2.20. The second-order valence-corrected chi connectivity index (χ2v) is 15.0. The summed E-state index contributed by atoms with van der Waals surface area (Å²) < 4.78 is 4.80. The highest BCUT2D eigenvalue weighted by atomic mass is 15.1. The summed E-state index contributed by atoms with van der Waals surface area (Å²) in [7, 11) is 0. The molecule has 0 aliphatic rings. The van der Waals surface area contributed by atoms with Gasteiger partial charge in [-0.05, 0) is 110 Å². The Balaban J connectivity index is 1.36. The summed E-state index contributed by atoms with van der Waals surface area (Å²) in [6.07, 6.45) is 0. The van der Waals surface area contributed by atoms with Gasteiger partial charge in [0.25, 0.3) is 0 Å². The molecule has 0 radical (unpaired) electrons. The van der Waals surface area contributed by atoms with Crippen LogP contribution in [0.15, 0.2) is 158 Å². The highest BCUT2D eigenvalue weighted by molar-refractivity contribution is 6.13. The third-order valence-corrected chi connectivity index (χ3v) is 11.2. The van der Waals surface area contributed by atoms with E-state index in [4.69, 9.17) is 11.6 Å². The van der Waals surface area contributed by atoms with Crippen molar-refractivity contribution in [2.75, 3.05) is 0 Å². The summed E-state index contributed by atoms with van der Waals surface area (Å²) in [6, 6.07) is 57.0. The Bertz CT molecular complexity index is 3200. The van der Waals surface area contributed by atoms with Gasteiger partial charge in [0.1, 0.15) is 0 Å². The topological polar surface area (TPSA) is 27.1 Å². The number of para-hydroxylation sites is 2. The van der Waals surface area contributed by atoms with E-state index >= 15 is 0 Å². The van der Waals surface area contributed by atoms with E-state index in [1.54, 1.807) is 0 Å². The Morgan fingerprint density at radius 2 is 0.839 bits per heavy atom. The summed E-state index contributed by atoms with van der Waals surface area (Å²) in [4.78, 5) is 8.92. The number of hydrogen-bond donors (Lipinski definition) is 0. The zero-order chi connectivity index (χ0) is 38.1. The minimum Gasteiger partial charge on any atom is -0.308 e. The molecular weight excluding hydrogens is 681 g/mol. The predicted octanol–water partition coefficient (Wildman–Crippen LogP) is 14.1. The Kier molecular flexibility index (Phi) is 7.73. The van der Waals surface area contributed by atoms with Gasteiger partial charge in [-0.3, -0.25) is 4.98 Å². The Morgan fingerprint density at radius 3 is 1.32 bits per heavy atom. The quantitative estimate of drug-likeness (QED) is 0.163. The van der Waals surface area contributed by atoms with E-state index in [0.717, 1.165) is 67.1 Å². The van der Waals surface area contributed by atoms with Crippen molar-refractivity contribution in [2.24, 2.45) is 0 Å². The number of nitrogens with zero attached hydrogens (tertiary/aromatic N) is 4. The summed E-state index contributed by atoms with van der Waals surface area (Å²) in [5, 5.41) is 4.69. The van der Waals surface area contributed by atoms with Crippen LogP contribution in [-0.2, 0) is 0 Å². The molecule has 0 aliphatic carbocycles. The van der Waals surface area contributed by atoms with Crippen molar-refractivity contribution in [1.82, 2.24) is 14.1 Å². The number of hydrogen-bond acceptors (Lipinski definition) is 1. The SMILES string of the molecule is [C-]#[N+]c1cc(-n2c3ccccc3c3ccc(-c4ccc(C)cc4)cc32)c(-n2c3ccccc3c3ccc(-c4ccc(C)cc4)cc32)cc1-c1cc(C)nc(C)c1. The van der Waals surface area contributed by atoms with Crippen molar-refractivity contribution in [2.45, 2.75) is 27.7 Å². The van der Waals surface area contributed by atoms with Crippen LogP contribution in [0.3, 0.4) is 0 Å². The lowest BCUT2D eigenvalue weighted by molar-refractivity contribution is 1.10. The molecule has 0 saturated carbocycles. The lowest BCUT2D eigenvalue weighted by Crippen LogP contribution is -2.04. The second-order valence-electron chi connectivity index (χ2n) is 15.0. The van der Waals surface area contributed by atoms with Gasteiger partial charge in [-0.15, -0.1) is 0 Å². The standard InChI is InChI=1S/C52H38N4/c1-32-14-18-36(19-15-32)38-22-24-43-41-10-6-8-12-47(41)55(49(43)28-38)51-30-45(40-26-34(3)54-35(4)27-40)46(53-5)31-52(51)56-48-13-9-7-11-42(48)44-25-23-39(29-50(44)56)37-20-16-33(2)17-21-37/h6-31H,1-4H3. The summed E-state index contributed by atoms with van der Waals surface area (Å²) >= 11 is 0. The molecular formula is C52H38N4. The molecule has 0 aliphatic heterocycles. The minimum atomic E-state index is 0.593. The molecule has 0 amide bonds. The number of pyridine rings is 1. The minimum absolute atomic E-state index is 0.593. The number of aryl methyl sites for hydroxylation is 4. The van der Waals surface area contributed by atoms with Gasteiger partial charge in [-0.1, -0.05) is 120 Å². The van der Waals surface area contributed by atoms with E-state index in [9.17, 15) is 0 Å². The molecule has 0 atom stereocenters. The zero-order valence-corrected chi connectivity index (χ0v) is 31.8. The van der Waals surface area contributed by atoms with Crippen LogP contribution in [0.1, 0.15) is 22.5 Å². The lowest BCUT2D eigenvalue weighted by atomic mass is 10.00. The van der Waals surface area contributed by atoms with E-state index in [1.165, 1.54) is 43.8 Å². The molecule has 0 saturated heterocycles. The van der Waals surface area contributed by atoms with Crippen LogP contribution in [-0.4, -0.2) is 14.1 Å². The number of aromatic nitrogens is 3. The average molecular weight is 719 g/mol. The fourth-order valence-electron chi connectivity index (χ4n) is 8.55. The highest BCUT2D eigenvalue weighted by Crippen LogP contribution is 2.44. The fraction of sp³-hybridized carbons (Fsp3) is 0.0769. The van der Waals surface area contributed by atoms with Gasteiger partial charge in [-0.2, -0.15) is 0 Å². The maximum atomic E-state index is 8.59. The molecule has 0 N–H and O–H groups in total. The van der Waals surface area contributed by atoms with E-state index in [1.807, 2.05) is 13.8 Å². The Morgan fingerprint density at radius 1 is 0.411 bits per heavy atom. The van der Waals surface area contributed by atoms with Gasteiger partial charge in [0, 0.05) is 32.9 Å². The van der Waals surface area contributed by atoms with Gasteiger partial charge in [0.05, 0.1) is 40.0 Å². The first-order valence-corrected chi connectivity index (χ1v) is 19.1. The summed E-state index contributed by atoms with van der Waals surface area (Å²) in [6.45, 7) is 16.9. The first kappa shape index (κ1) is 33.4. The number of fused-ring (bicyclic) bond motifs is 6. The number of rotatable bonds is 5. The summed E-state index contributed by atoms with van der Waals surface area (Å²) in [5.41, 5.74) is 17.7. The highest BCUT2D eigenvalue weighted by Gasteiger charge is 2.23. The molecule has 0 bridgehead atoms. The molecule has 10 aromatic rings. The molecule has 3 heterocycles. The maximum absolute atomic E-state index is 8.59. The van der Waals surface area contributed by atoms with Crippen LogP contribution >= 0.6 is 0 Å². The monoisotopic (exact) mass is 718 g/mol. The van der Waals surface area contributed by atoms with Crippen LogP contribution in [0.25, 0.3) is 93.2 Å². The molecule has 10 rings (SSSR count). The van der Waals surface area contributed by atoms with Crippen molar-refractivity contribution in [3.63, 3.8) is 0 Å². The van der Waals surface area contributed by atoms with Crippen molar-refractivity contribution < 1.29 is 0 Å². The summed E-state index contributed by atoms with van der Waals surface area (Å²) in [5.74, 6) is 0. The third-order valence-electron chi connectivity index (χ3n) is 11.2. The van der Waals surface area contributed by atoms with E-state index < -0.39 is 0 Å². The van der Waals surface area contributed by atoms with Crippen molar-refractivity contribution in [3.8, 4) is 44.8 Å². The molecule has 0 unspecified atom stereocenters. The molecule has 0 fully saturated rings. The first-order valence-electron chi connectivity index (χ1n) is 19.1. The predicted molar refractivity (Wildman–Crippen MR) is 234 cm³/mol. The van der Waals surface area contributed by atoms with Crippen molar-refractivity contribution in [3.05, 3.63) is 192 Å². The van der Waals surface area contributed by atoms with Gasteiger partial charge < -0.3 is 9.13 Å². The third kappa shape index (κ3) is 5.40. The molecule has 266 valence electrons. The largest absolute Gasteiger partial charge is 0.308 e. The number of benzene rings is 7. The Hall–Kier alpha value is -7.22. The van der Waals surface area contributed by atoms with Crippen LogP contribution < -0.4 is 0 Å². The van der Waals surface area contributed by atoms with Crippen molar-refractivity contribution in [1.29, 1.82) is 0 Å². The molecule has 3 aromatic heterocycles. The van der Waals surface area contributed by atoms with Gasteiger partial charge in [0.15, 0.2) is 5.69 Å².